The van der Waals surface area contributed by atoms with Crippen molar-refractivity contribution in [2.45, 2.75) is 0 Å². The van der Waals surface area contributed by atoms with Gasteiger partial charge in [0.05, 0.1) is 5.70 Å². The van der Waals surface area contributed by atoms with E-state index >= 15 is 0 Å². The highest BCUT2D eigenvalue weighted by molar-refractivity contribution is 6.67. The third-order valence-electron chi connectivity index (χ3n) is 1.09. The molecule has 0 bridgehead atoms. The van der Waals surface area contributed by atoms with Gasteiger partial charge in [0.1, 0.15) is 5.94 Å². The first-order valence-corrected chi connectivity index (χ1v) is 4.42. The van der Waals surface area contributed by atoms with E-state index in [1.54, 1.807) is 5.94 Å². The third-order valence-corrected chi connectivity index (χ3v) is 3.27. The second-order valence-corrected chi connectivity index (χ2v) is 4.20. The van der Waals surface area contributed by atoms with Crippen LogP contribution in [0.25, 0.3) is 0 Å². The van der Waals surface area contributed by atoms with E-state index in [-0.39, 0.29) is 0 Å². The van der Waals surface area contributed by atoms with Crippen molar-refractivity contribution in [3.63, 3.8) is 0 Å². The van der Waals surface area contributed by atoms with Crippen LogP contribution >= 0.6 is 0 Å². The Hall–Kier alpha value is -0.453. The second kappa shape index (κ2) is 4.38. The van der Waals surface area contributed by atoms with E-state index < -0.39 is 8.80 Å². The lowest BCUT2D eigenvalue weighted by Gasteiger charge is -2.18. The van der Waals surface area contributed by atoms with Crippen molar-refractivity contribution >= 4 is 14.7 Å². The van der Waals surface area contributed by atoms with Crippen LogP contribution in [0.2, 0.25) is 0 Å². The van der Waals surface area contributed by atoms with Gasteiger partial charge in [-0.3, -0.25) is 0 Å². The molecule has 0 aromatic heterocycles. The largest absolute Gasteiger partial charge is 0.540 e. The maximum absolute atomic E-state index is 9.91. The van der Waals surface area contributed by atoms with Crippen LogP contribution in [0.3, 0.4) is 0 Å². The van der Waals surface area contributed by atoms with Crippen molar-refractivity contribution in [3.8, 4) is 0 Å². The SMILES string of the molecule is CO[Si](C=C=O)(OC)OC. The molecule has 0 N–H and O–H groups in total. The normalized spacial score (nSPS) is 10.7. The molecule has 4 nitrogen and oxygen atoms in total. The zero-order chi connectivity index (χ0) is 8.04. The Kier molecular flexibility index (Phi) is 4.18. The standard InChI is InChI=1S/C5H10O4Si/c1-7-10(8-2,9-3)5-4-6/h5H,1-3H3. The summed E-state index contributed by atoms with van der Waals surface area (Å²) in [6, 6.07) is 0. The van der Waals surface area contributed by atoms with Gasteiger partial charge in [-0.15, -0.1) is 0 Å². The van der Waals surface area contributed by atoms with Gasteiger partial charge in [-0.1, -0.05) is 0 Å². The minimum absolute atomic E-state index is 1.15. The maximum Gasteiger partial charge on any atom is 0.540 e. The van der Waals surface area contributed by atoms with Gasteiger partial charge in [0.2, 0.25) is 0 Å². The van der Waals surface area contributed by atoms with Crippen molar-refractivity contribution in [2.75, 3.05) is 21.3 Å². The lowest BCUT2D eigenvalue weighted by atomic mass is 11.2. The van der Waals surface area contributed by atoms with E-state index in [9.17, 15) is 4.79 Å². The van der Waals surface area contributed by atoms with Gasteiger partial charge in [-0.25, -0.2) is 4.79 Å². The highest BCUT2D eigenvalue weighted by Gasteiger charge is 2.35. The summed E-state index contributed by atoms with van der Waals surface area (Å²) in [6.45, 7) is 0. The zero-order valence-electron chi connectivity index (χ0n) is 6.21. The first-order valence-electron chi connectivity index (χ1n) is 2.62. The van der Waals surface area contributed by atoms with Gasteiger partial charge in [-0.05, 0) is 0 Å². The smallest absolute Gasteiger partial charge is 0.373 e. The van der Waals surface area contributed by atoms with Gasteiger partial charge in [0.15, 0.2) is 0 Å². The molecule has 0 saturated carbocycles. The average molecular weight is 162 g/mol. The molecule has 0 amide bonds. The van der Waals surface area contributed by atoms with Crippen LogP contribution in [0.15, 0.2) is 5.70 Å². The van der Waals surface area contributed by atoms with Gasteiger partial charge in [0.25, 0.3) is 0 Å². The van der Waals surface area contributed by atoms with Crippen LogP contribution in [-0.4, -0.2) is 36.1 Å². The maximum atomic E-state index is 9.91. The fourth-order valence-corrected chi connectivity index (χ4v) is 1.50. The molecule has 0 unspecified atom stereocenters. The van der Waals surface area contributed by atoms with Crippen LogP contribution in [0.4, 0.5) is 0 Å². The Morgan fingerprint density at radius 3 is 1.70 bits per heavy atom. The Labute approximate surface area is 60.8 Å². The zero-order valence-corrected chi connectivity index (χ0v) is 7.21. The first kappa shape index (κ1) is 9.55. The molecular weight excluding hydrogens is 152 g/mol. The van der Waals surface area contributed by atoms with E-state index in [4.69, 9.17) is 13.3 Å². The summed E-state index contributed by atoms with van der Waals surface area (Å²) in [5.74, 6) is 1.57. The molecule has 0 aliphatic rings. The van der Waals surface area contributed by atoms with Crippen molar-refractivity contribution in [1.82, 2.24) is 0 Å². The van der Waals surface area contributed by atoms with Gasteiger partial charge < -0.3 is 13.3 Å². The fourth-order valence-electron chi connectivity index (χ4n) is 0.499. The summed E-state index contributed by atoms with van der Waals surface area (Å²) >= 11 is 0. The molecule has 5 heteroatoms. The van der Waals surface area contributed by atoms with Crippen LogP contribution < -0.4 is 0 Å². The Morgan fingerprint density at radius 2 is 1.60 bits per heavy atom. The number of rotatable bonds is 4. The Bertz CT molecular complexity index is 128. The molecule has 58 valence electrons. The van der Waals surface area contributed by atoms with Crippen LogP contribution in [0.1, 0.15) is 0 Å². The Balaban J connectivity index is 4.29. The van der Waals surface area contributed by atoms with Crippen molar-refractivity contribution in [1.29, 1.82) is 0 Å². The van der Waals surface area contributed by atoms with Gasteiger partial charge >= 0.3 is 8.80 Å². The van der Waals surface area contributed by atoms with E-state index in [1.807, 2.05) is 0 Å². The summed E-state index contributed by atoms with van der Waals surface area (Å²) < 4.78 is 14.6. The van der Waals surface area contributed by atoms with Gasteiger partial charge in [0, 0.05) is 21.3 Å². The van der Waals surface area contributed by atoms with Crippen LogP contribution in [-0.2, 0) is 18.1 Å². The summed E-state index contributed by atoms with van der Waals surface area (Å²) in [7, 11) is 1.51. The molecule has 0 fully saturated rings. The van der Waals surface area contributed by atoms with E-state index in [1.165, 1.54) is 21.3 Å². The number of hydrogen-bond donors (Lipinski definition) is 0. The van der Waals surface area contributed by atoms with Crippen molar-refractivity contribution < 1.29 is 18.1 Å². The molecule has 0 aliphatic carbocycles. The molecule has 0 aromatic rings. The molecule has 10 heavy (non-hydrogen) atoms. The van der Waals surface area contributed by atoms with E-state index in [0.29, 0.717) is 0 Å². The molecule has 0 heterocycles. The second-order valence-electron chi connectivity index (χ2n) is 1.48. The summed E-state index contributed by atoms with van der Waals surface area (Å²) in [6.07, 6.45) is 0. The molecule has 0 spiro atoms. The molecule has 0 radical (unpaired) electrons. The van der Waals surface area contributed by atoms with Crippen molar-refractivity contribution in [2.24, 2.45) is 0 Å². The lowest BCUT2D eigenvalue weighted by Crippen LogP contribution is -2.41. The molecule has 0 rings (SSSR count). The third kappa shape index (κ3) is 2.05. The average Bonchev–Trinajstić information content (AvgIpc) is 2.01. The lowest BCUT2D eigenvalue weighted by molar-refractivity contribution is 0.139. The topological polar surface area (TPSA) is 44.8 Å². The number of hydrogen-bond acceptors (Lipinski definition) is 4. The summed E-state index contributed by atoms with van der Waals surface area (Å²) in [5, 5.41) is 0. The predicted octanol–water partition coefficient (Wildman–Crippen LogP) is -0.209. The molecule has 0 aromatic carbocycles. The highest BCUT2D eigenvalue weighted by atomic mass is 28.4. The fraction of sp³-hybridized carbons (Fsp3) is 0.600. The van der Waals surface area contributed by atoms with Gasteiger partial charge in [-0.2, -0.15) is 0 Å². The summed E-state index contributed by atoms with van der Waals surface area (Å²) in [5.41, 5.74) is 1.15. The minimum Gasteiger partial charge on any atom is -0.373 e. The minimum atomic E-state index is -2.77. The predicted molar refractivity (Wildman–Crippen MR) is 37.0 cm³/mol. The highest BCUT2D eigenvalue weighted by Crippen LogP contribution is 2.04. The van der Waals surface area contributed by atoms with E-state index in [0.717, 1.165) is 5.70 Å². The first-order chi connectivity index (χ1) is 4.74. The Morgan fingerprint density at radius 1 is 1.20 bits per heavy atom. The monoisotopic (exact) mass is 162 g/mol. The van der Waals surface area contributed by atoms with Crippen LogP contribution in [0, 0.1) is 0 Å². The van der Waals surface area contributed by atoms with E-state index in [2.05, 4.69) is 0 Å². The summed E-state index contributed by atoms with van der Waals surface area (Å²) in [4.78, 5) is 9.91. The molecular formula is C5H10O4Si. The molecule has 0 atom stereocenters. The number of carbonyl (C=O) groups excluding carboxylic acids is 1. The quantitative estimate of drug-likeness (QED) is 0.424. The molecule has 0 aliphatic heterocycles. The van der Waals surface area contributed by atoms with Crippen LogP contribution in [0.5, 0.6) is 0 Å². The molecule has 0 saturated heterocycles. The van der Waals surface area contributed by atoms with Crippen molar-refractivity contribution in [3.05, 3.63) is 5.70 Å².